The van der Waals surface area contributed by atoms with Crippen molar-refractivity contribution in [3.63, 3.8) is 0 Å². The van der Waals surface area contributed by atoms with E-state index in [0.29, 0.717) is 6.61 Å². The SMILES string of the molecule is CC1=C(I)C(C)(C)[C@@]2(CC1)COC(C)(C)O2. The highest BCUT2D eigenvalue weighted by Crippen LogP contribution is 2.55. The number of hydrogen-bond donors (Lipinski definition) is 0. The quantitative estimate of drug-likeness (QED) is 0.622. The molecule has 1 aliphatic carbocycles. The van der Waals surface area contributed by atoms with Gasteiger partial charge in [-0.1, -0.05) is 19.4 Å². The first-order valence-corrected chi connectivity index (χ1v) is 6.98. The van der Waals surface area contributed by atoms with E-state index in [2.05, 4.69) is 43.4 Å². The standard InChI is InChI=1S/C13H21IO2/c1-9-6-7-13(11(2,3)10(9)14)8-15-12(4,5)16-13/h6-8H2,1-5H3/t13-/m1/s1. The molecule has 0 unspecified atom stereocenters. The van der Waals surface area contributed by atoms with Crippen LogP contribution in [0, 0.1) is 5.41 Å². The molecule has 2 aliphatic rings. The Morgan fingerprint density at radius 2 is 1.81 bits per heavy atom. The molecule has 0 aromatic heterocycles. The molecule has 0 saturated carbocycles. The summed E-state index contributed by atoms with van der Waals surface area (Å²) in [6.07, 6.45) is 2.20. The van der Waals surface area contributed by atoms with Gasteiger partial charge in [0.25, 0.3) is 0 Å². The van der Waals surface area contributed by atoms with Crippen LogP contribution >= 0.6 is 22.6 Å². The van der Waals surface area contributed by atoms with Crippen molar-refractivity contribution < 1.29 is 9.47 Å². The first-order valence-electron chi connectivity index (χ1n) is 5.90. The molecule has 16 heavy (non-hydrogen) atoms. The van der Waals surface area contributed by atoms with E-state index in [1.165, 1.54) is 9.15 Å². The van der Waals surface area contributed by atoms with Gasteiger partial charge in [-0.25, -0.2) is 0 Å². The molecule has 0 aromatic carbocycles. The molecule has 0 bridgehead atoms. The summed E-state index contributed by atoms with van der Waals surface area (Å²) in [4.78, 5) is 0. The van der Waals surface area contributed by atoms with E-state index in [1.807, 2.05) is 13.8 Å². The number of allylic oxidation sites excluding steroid dienone is 1. The Labute approximate surface area is 112 Å². The maximum Gasteiger partial charge on any atom is 0.163 e. The van der Waals surface area contributed by atoms with Crippen molar-refractivity contribution in [3.8, 4) is 0 Å². The van der Waals surface area contributed by atoms with Gasteiger partial charge in [-0.15, -0.1) is 0 Å². The monoisotopic (exact) mass is 336 g/mol. The van der Waals surface area contributed by atoms with Gasteiger partial charge in [-0.05, 0) is 59.8 Å². The Kier molecular flexibility index (Phi) is 2.96. The minimum absolute atomic E-state index is 0.0592. The normalized spacial score (nSPS) is 37.1. The van der Waals surface area contributed by atoms with E-state index in [4.69, 9.17) is 9.47 Å². The second kappa shape index (κ2) is 3.69. The average molecular weight is 336 g/mol. The summed E-state index contributed by atoms with van der Waals surface area (Å²) in [5.41, 5.74) is 1.43. The van der Waals surface area contributed by atoms with E-state index < -0.39 is 5.79 Å². The number of rotatable bonds is 0. The van der Waals surface area contributed by atoms with Crippen LogP contribution < -0.4 is 0 Å². The van der Waals surface area contributed by atoms with Crippen LogP contribution in [0.25, 0.3) is 0 Å². The Morgan fingerprint density at radius 1 is 1.19 bits per heavy atom. The summed E-state index contributed by atoms with van der Waals surface area (Å²) in [6, 6.07) is 0. The van der Waals surface area contributed by atoms with Gasteiger partial charge in [0.15, 0.2) is 5.79 Å². The molecule has 1 atom stereocenters. The van der Waals surface area contributed by atoms with Gasteiger partial charge in [0.2, 0.25) is 0 Å². The first kappa shape index (κ1) is 12.8. The smallest absolute Gasteiger partial charge is 0.163 e. The van der Waals surface area contributed by atoms with E-state index in [0.717, 1.165) is 12.8 Å². The van der Waals surface area contributed by atoms with Crippen LogP contribution in [-0.2, 0) is 9.47 Å². The topological polar surface area (TPSA) is 18.5 Å². The van der Waals surface area contributed by atoms with Crippen LogP contribution in [-0.4, -0.2) is 18.0 Å². The van der Waals surface area contributed by atoms with Crippen LogP contribution in [0.15, 0.2) is 9.15 Å². The molecule has 0 N–H and O–H groups in total. The maximum absolute atomic E-state index is 6.25. The van der Waals surface area contributed by atoms with Crippen molar-refractivity contribution in [3.05, 3.63) is 9.15 Å². The predicted molar refractivity (Wildman–Crippen MR) is 73.6 cm³/mol. The van der Waals surface area contributed by atoms with Crippen LogP contribution in [0.1, 0.15) is 47.5 Å². The van der Waals surface area contributed by atoms with Crippen LogP contribution in [0.5, 0.6) is 0 Å². The average Bonchev–Trinajstić information content (AvgIpc) is 2.49. The highest BCUT2D eigenvalue weighted by atomic mass is 127. The lowest BCUT2D eigenvalue weighted by Gasteiger charge is -2.47. The first-order chi connectivity index (χ1) is 7.20. The van der Waals surface area contributed by atoms with E-state index in [1.54, 1.807) is 0 Å². The van der Waals surface area contributed by atoms with Crippen LogP contribution in [0.2, 0.25) is 0 Å². The molecule has 2 nitrogen and oxygen atoms in total. The highest BCUT2D eigenvalue weighted by molar-refractivity contribution is 14.1. The lowest BCUT2D eigenvalue weighted by molar-refractivity contribution is -0.183. The molecule has 3 heteroatoms. The minimum atomic E-state index is -0.431. The predicted octanol–water partition coefficient (Wildman–Crippen LogP) is 4.04. The van der Waals surface area contributed by atoms with Gasteiger partial charge in [0.1, 0.15) is 5.60 Å². The minimum Gasteiger partial charge on any atom is -0.347 e. The summed E-state index contributed by atoms with van der Waals surface area (Å²) in [5, 5.41) is 0. The summed E-state index contributed by atoms with van der Waals surface area (Å²) in [7, 11) is 0. The molecule has 1 aliphatic heterocycles. The van der Waals surface area contributed by atoms with Crippen molar-refractivity contribution in [1.82, 2.24) is 0 Å². The summed E-state index contributed by atoms with van der Waals surface area (Å²) >= 11 is 2.48. The third kappa shape index (κ3) is 1.75. The molecule has 0 amide bonds. The van der Waals surface area contributed by atoms with Gasteiger partial charge in [0.05, 0.1) is 6.61 Å². The molecule has 1 heterocycles. The van der Waals surface area contributed by atoms with Gasteiger partial charge in [-0.3, -0.25) is 0 Å². The number of hydrogen-bond acceptors (Lipinski definition) is 2. The Balaban J connectivity index is 2.39. The highest BCUT2D eigenvalue weighted by Gasteiger charge is 2.57. The zero-order chi connectivity index (χ0) is 12.2. The summed E-state index contributed by atoms with van der Waals surface area (Å²) in [5.74, 6) is -0.431. The van der Waals surface area contributed by atoms with E-state index in [-0.39, 0.29) is 11.0 Å². The van der Waals surface area contributed by atoms with Gasteiger partial charge < -0.3 is 9.47 Å². The fourth-order valence-electron chi connectivity index (χ4n) is 2.80. The van der Waals surface area contributed by atoms with Crippen molar-refractivity contribution >= 4 is 22.6 Å². The number of ether oxygens (including phenoxy) is 2. The molecular weight excluding hydrogens is 315 g/mol. The van der Waals surface area contributed by atoms with Gasteiger partial charge >= 0.3 is 0 Å². The molecule has 1 saturated heterocycles. The third-order valence-corrected chi connectivity index (χ3v) is 6.33. The fourth-order valence-corrected chi connectivity index (χ4v) is 3.56. The zero-order valence-electron chi connectivity index (χ0n) is 10.8. The Bertz CT molecular complexity index is 344. The lowest BCUT2D eigenvalue weighted by Crippen LogP contribution is -2.50. The molecule has 0 radical (unpaired) electrons. The molecule has 1 fully saturated rings. The van der Waals surface area contributed by atoms with Crippen molar-refractivity contribution in [2.75, 3.05) is 6.61 Å². The molecule has 1 spiro atoms. The Hall–Kier alpha value is 0.390. The zero-order valence-corrected chi connectivity index (χ0v) is 13.0. The second-order valence-corrected chi connectivity index (χ2v) is 7.08. The molecule has 0 aromatic rings. The number of halogens is 1. The fraction of sp³-hybridized carbons (Fsp3) is 0.846. The van der Waals surface area contributed by atoms with Crippen molar-refractivity contribution in [2.24, 2.45) is 5.41 Å². The van der Waals surface area contributed by atoms with Crippen molar-refractivity contribution in [2.45, 2.75) is 58.8 Å². The second-order valence-electron chi connectivity index (χ2n) is 6.00. The Morgan fingerprint density at radius 3 is 2.31 bits per heavy atom. The lowest BCUT2D eigenvalue weighted by atomic mass is 9.67. The molecule has 2 rings (SSSR count). The van der Waals surface area contributed by atoms with Crippen LogP contribution in [0.4, 0.5) is 0 Å². The van der Waals surface area contributed by atoms with Gasteiger partial charge in [0, 0.05) is 5.41 Å². The summed E-state index contributed by atoms with van der Waals surface area (Å²) < 4.78 is 13.5. The van der Waals surface area contributed by atoms with Gasteiger partial charge in [-0.2, -0.15) is 0 Å². The molecular formula is C13H21IO2. The van der Waals surface area contributed by atoms with Crippen molar-refractivity contribution in [1.29, 1.82) is 0 Å². The summed E-state index contributed by atoms with van der Waals surface area (Å²) in [6.45, 7) is 11.5. The molecule has 92 valence electrons. The maximum atomic E-state index is 6.25. The third-order valence-electron chi connectivity index (χ3n) is 4.06. The van der Waals surface area contributed by atoms with Crippen LogP contribution in [0.3, 0.4) is 0 Å². The van der Waals surface area contributed by atoms with E-state index >= 15 is 0 Å². The van der Waals surface area contributed by atoms with E-state index in [9.17, 15) is 0 Å². The largest absolute Gasteiger partial charge is 0.347 e.